The van der Waals surface area contributed by atoms with Gasteiger partial charge >= 0.3 is 0 Å². The molecule has 0 radical (unpaired) electrons. The molecule has 17 heavy (non-hydrogen) atoms. The molecule has 1 nitrogen and oxygen atoms in total. The van der Waals surface area contributed by atoms with Crippen molar-refractivity contribution in [2.45, 2.75) is 6.54 Å². The molecule has 0 saturated heterocycles. The summed E-state index contributed by atoms with van der Waals surface area (Å²) in [6, 6.07) is 12.0. The highest BCUT2D eigenvalue weighted by Crippen LogP contribution is 2.20. The number of nitrogens with one attached hydrogen (secondary N) is 1. The molecule has 0 aliphatic heterocycles. The Kier molecular flexibility index (Phi) is 3.87. The minimum atomic E-state index is -0.362. The van der Waals surface area contributed by atoms with Crippen LogP contribution in [0.1, 0.15) is 5.56 Å². The summed E-state index contributed by atoms with van der Waals surface area (Å²) in [5.41, 5.74) is 1.42. The van der Waals surface area contributed by atoms with Crippen LogP contribution in [0.2, 0.25) is 10.0 Å². The Hall–Kier alpha value is -1.25. The van der Waals surface area contributed by atoms with E-state index >= 15 is 0 Å². The molecular formula is C13H10Cl2FN. The zero-order chi connectivity index (χ0) is 12.3. The van der Waals surface area contributed by atoms with Crippen molar-refractivity contribution in [2.24, 2.45) is 0 Å². The van der Waals surface area contributed by atoms with Crippen LogP contribution in [-0.4, -0.2) is 0 Å². The highest BCUT2D eigenvalue weighted by molar-refractivity contribution is 6.30. The number of halogens is 3. The van der Waals surface area contributed by atoms with Gasteiger partial charge in [0.15, 0.2) is 0 Å². The summed E-state index contributed by atoms with van der Waals surface area (Å²) >= 11 is 11.5. The van der Waals surface area contributed by atoms with Gasteiger partial charge in [0.25, 0.3) is 0 Å². The Bertz CT molecular complexity index is 529. The van der Waals surface area contributed by atoms with Crippen molar-refractivity contribution in [1.29, 1.82) is 0 Å². The second-order valence-corrected chi connectivity index (χ2v) is 4.48. The third-order valence-corrected chi connectivity index (χ3v) is 2.77. The maximum absolute atomic E-state index is 13.5. The standard InChI is InChI=1S/C13H10Cl2FN/c14-10-3-1-2-9(6-10)8-17-13-5-4-11(15)7-12(13)16/h1-7,17H,8H2. The summed E-state index contributed by atoms with van der Waals surface area (Å²) in [6.07, 6.45) is 0. The molecule has 0 aliphatic carbocycles. The third kappa shape index (κ3) is 3.35. The largest absolute Gasteiger partial charge is 0.379 e. The zero-order valence-corrected chi connectivity index (χ0v) is 10.4. The molecule has 2 aromatic carbocycles. The van der Waals surface area contributed by atoms with Crippen molar-refractivity contribution in [2.75, 3.05) is 5.32 Å². The van der Waals surface area contributed by atoms with Crippen molar-refractivity contribution < 1.29 is 4.39 Å². The second-order valence-electron chi connectivity index (χ2n) is 3.61. The molecule has 0 amide bonds. The minimum absolute atomic E-state index is 0.362. The molecule has 0 fully saturated rings. The highest BCUT2D eigenvalue weighted by Gasteiger charge is 2.02. The van der Waals surface area contributed by atoms with Crippen LogP contribution in [0.15, 0.2) is 42.5 Å². The quantitative estimate of drug-likeness (QED) is 0.849. The van der Waals surface area contributed by atoms with Crippen LogP contribution in [0.4, 0.5) is 10.1 Å². The molecule has 88 valence electrons. The molecule has 4 heteroatoms. The molecular weight excluding hydrogens is 260 g/mol. The van der Waals surface area contributed by atoms with E-state index in [1.807, 2.05) is 18.2 Å². The Balaban J connectivity index is 2.07. The molecule has 2 rings (SSSR count). The maximum atomic E-state index is 13.5. The average Bonchev–Trinajstić information content (AvgIpc) is 2.28. The van der Waals surface area contributed by atoms with Gasteiger partial charge in [0.05, 0.1) is 5.69 Å². The minimum Gasteiger partial charge on any atom is -0.379 e. The molecule has 2 aromatic rings. The van der Waals surface area contributed by atoms with Crippen molar-refractivity contribution in [3.8, 4) is 0 Å². The summed E-state index contributed by atoms with van der Waals surface area (Å²) < 4.78 is 13.5. The van der Waals surface area contributed by atoms with Gasteiger partial charge in [-0.15, -0.1) is 0 Å². The van der Waals surface area contributed by atoms with E-state index in [0.29, 0.717) is 22.3 Å². The van der Waals surface area contributed by atoms with Crippen molar-refractivity contribution in [1.82, 2.24) is 0 Å². The van der Waals surface area contributed by atoms with Crippen LogP contribution in [-0.2, 0) is 6.54 Å². The van der Waals surface area contributed by atoms with E-state index < -0.39 is 0 Å². The SMILES string of the molecule is Fc1cc(Cl)ccc1NCc1cccc(Cl)c1. The maximum Gasteiger partial charge on any atom is 0.147 e. The number of benzene rings is 2. The van der Waals surface area contributed by atoms with Crippen LogP contribution in [0, 0.1) is 5.82 Å². The molecule has 0 bridgehead atoms. The normalized spacial score (nSPS) is 10.3. The van der Waals surface area contributed by atoms with Crippen molar-refractivity contribution in [3.05, 3.63) is 63.9 Å². The highest BCUT2D eigenvalue weighted by atomic mass is 35.5. The summed E-state index contributed by atoms with van der Waals surface area (Å²) in [5.74, 6) is -0.362. The van der Waals surface area contributed by atoms with Gasteiger partial charge in [-0.3, -0.25) is 0 Å². The van der Waals surface area contributed by atoms with Gasteiger partial charge < -0.3 is 5.32 Å². The topological polar surface area (TPSA) is 12.0 Å². The van der Waals surface area contributed by atoms with Gasteiger partial charge in [-0.05, 0) is 35.9 Å². The summed E-state index contributed by atoms with van der Waals surface area (Å²) in [5, 5.41) is 4.04. The van der Waals surface area contributed by atoms with Gasteiger partial charge in [0.1, 0.15) is 5.82 Å². The fourth-order valence-electron chi connectivity index (χ4n) is 1.48. The Labute approximate surface area is 109 Å². The average molecular weight is 270 g/mol. The van der Waals surface area contributed by atoms with Crippen LogP contribution in [0.5, 0.6) is 0 Å². The van der Waals surface area contributed by atoms with Crippen LogP contribution < -0.4 is 5.32 Å². The van der Waals surface area contributed by atoms with E-state index in [0.717, 1.165) is 5.56 Å². The lowest BCUT2D eigenvalue weighted by Crippen LogP contribution is -2.01. The predicted octanol–water partition coefficient (Wildman–Crippen LogP) is 4.74. The van der Waals surface area contributed by atoms with E-state index in [2.05, 4.69) is 5.32 Å². The van der Waals surface area contributed by atoms with Gasteiger partial charge in [0, 0.05) is 16.6 Å². The second kappa shape index (κ2) is 5.39. The molecule has 0 atom stereocenters. The molecule has 1 N–H and O–H groups in total. The van der Waals surface area contributed by atoms with Crippen LogP contribution in [0.3, 0.4) is 0 Å². The lowest BCUT2D eigenvalue weighted by molar-refractivity contribution is 0.630. The summed E-state index contributed by atoms with van der Waals surface area (Å²) in [7, 11) is 0. The first-order chi connectivity index (χ1) is 8.15. The summed E-state index contributed by atoms with van der Waals surface area (Å²) in [4.78, 5) is 0. The Morgan fingerprint density at radius 2 is 1.76 bits per heavy atom. The van der Waals surface area contributed by atoms with Gasteiger partial charge in [0.2, 0.25) is 0 Å². The monoisotopic (exact) mass is 269 g/mol. The first kappa shape index (κ1) is 12.2. The van der Waals surface area contributed by atoms with Gasteiger partial charge in [-0.25, -0.2) is 4.39 Å². The number of hydrogen-bond donors (Lipinski definition) is 1. The lowest BCUT2D eigenvalue weighted by Gasteiger charge is -2.08. The fourth-order valence-corrected chi connectivity index (χ4v) is 1.85. The molecule has 0 aliphatic rings. The molecule has 0 saturated carbocycles. The van der Waals surface area contributed by atoms with Crippen LogP contribution in [0.25, 0.3) is 0 Å². The number of anilines is 1. The summed E-state index contributed by atoms with van der Waals surface area (Å²) in [6.45, 7) is 0.513. The first-order valence-electron chi connectivity index (χ1n) is 5.08. The first-order valence-corrected chi connectivity index (χ1v) is 5.84. The predicted molar refractivity (Wildman–Crippen MR) is 70.2 cm³/mol. The van der Waals surface area contributed by atoms with E-state index in [-0.39, 0.29) is 5.82 Å². The van der Waals surface area contributed by atoms with Crippen LogP contribution >= 0.6 is 23.2 Å². The van der Waals surface area contributed by atoms with Gasteiger partial charge in [-0.1, -0.05) is 35.3 Å². The molecule has 0 aromatic heterocycles. The molecule has 0 heterocycles. The van der Waals surface area contributed by atoms with E-state index in [1.54, 1.807) is 18.2 Å². The fraction of sp³-hybridized carbons (Fsp3) is 0.0769. The van der Waals surface area contributed by atoms with E-state index in [1.165, 1.54) is 6.07 Å². The number of rotatable bonds is 3. The molecule has 0 spiro atoms. The van der Waals surface area contributed by atoms with Gasteiger partial charge in [-0.2, -0.15) is 0 Å². The number of hydrogen-bond acceptors (Lipinski definition) is 1. The lowest BCUT2D eigenvalue weighted by atomic mass is 10.2. The van der Waals surface area contributed by atoms with Crippen molar-refractivity contribution >= 4 is 28.9 Å². The zero-order valence-electron chi connectivity index (χ0n) is 8.88. The van der Waals surface area contributed by atoms with E-state index in [9.17, 15) is 4.39 Å². The van der Waals surface area contributed by atoms with Crippen molar-refractivity contribution in [3.63, 3.8) is 0 Å². The Morgan fingerprint density at radius 1 is 1.00 bits per heavy atom. The molecule has 0 unspecified atom stereocenters. The smallest absolute Gasteiger partial charge is 0.147 e. The Morgan fingerprint density at radius 3 is 2.47 bits per heavy atom. The third-order valence-electron chi connectivity index (χ3n) is 2.30. The van der Waals surface area contributed by atoms with E-state index in [4.69, 9.17) is 23.2 Å².